The molecule has 72 valence electrons. The van der Waals surface area contributed by atoms with E-state index in [-0.39, 0.29) is 0 Å². The molecule has 0 heteroatoms. The van der Waals surface area contributed by atoms with Crippen LogP contribution in [0, 0.1) is 12.3 Å². The van der Waals surface area contributed by atoms with Crippen molar-refractivity contribution in [1.29, 1.82) is 0 Å². The van der Waals surface area contributed by atoms with Gasteiger partial charge in [-0.05, 0) is 30.0 Å². The third-order valence-electron chi connectivity index (χ3n) is 2.25. The van der Waals surface area contributed by atoms with Crippen molar-refractivity contribution in [3.05, 3.63) is 41.0 Å². The van der Waals surface area contributed by atoms with Gasteiger partial charge in [-0.25, -0.2) is 0 Å². The smallest absolute Gasteiger partial charge is 0.0317 e. The fourth-order valence-corrected chi connectivity index (χ4v) is 1.57. The Hall–Kier alpha value is -1.48. The van der Waals surface area contributed by atoms with E-state index in [1.165, 1.54) is 11.1 Å². The lowest BCUT2D eigenvalue weighted by molar-refractivity contribution is 0.863. The van der Waals surface area contributed by atoms with Gasteiger partial charge in [-0.2, -0.15) is 0 Å². The molecule has 0 amide bonds. The van der Waals surface area contributed by atoms with Crippen molar-refractivity contribution in [2.24, 2.45) is 0 Å². The minimum Gasteiger partial charge on any atom is -0.115 e. The van der Waals surface area contributed by atoms with Gasteiger partial charge in [0, 0.05) is 5.56 Å². The minimum absolute atomic E-state index is 0.509. The van der Waals surface area contributed by atoms with E-state index < -0.39 is 0 Å². The van der Waals surface area contributed by atoms with Gasteiger partial charge in [0.15, 0.2) is 0 Å². The number of rotatable bonds is 2. The predicted octanol–water partition coefficient (Wildman–Crippen LogP) is 3.82. The van der Waals surface area contributed by atoms with Crippen molar-refractivity contribution in [1.82, 2.24) is 0 Å². The zero-order chi connectivity index (χ0) is 10.6. The van der Waals surface area contributed by atoms with Crippen molar-refractivity contribution in [2.45, 2.75) is 26.7 Å². The van der Waals surface area contributed by atoms with Gasteiger partial charge in [0.1, 0.15) is 0 Å². The molecule has 0 radical (unpaired) electrons. The predicted molar refractivity (Wildman–Crippen MR) is 63.2 cm³/mol. The van der Waals surface area contributed by atoms with Crippen LogP contribution in [0.2, 0.25) is 0 Å². The third-order valence-corrected chi connectivity index (χ3v) is 2.25. The summed E-state index contributed by atoms with van der Waals surface area (Å²) in [5.41, 5.74) is 3.49. The molecule has 0 nitrogen and oxygen atoms in total. The maximum absolute atomic E-state index is 5.47. The molecule has 1 rings (SSSR count). The van der Waals surface area contributed by atoms with Crippen molar-refractivity contribution in [3.63, 3.8) is 0 Å². The quantitative estimate of drug-likeness (QED) is 0.613. The Morgan fingerprint density at radius 3 is 2.57 bits per heavy atom. The maximum Gasteiger partial charge on any atom is 0.0317 e. The molecule has 0 bridgehead atoms. The van der Waals surface area contributed by atoms with Crippen LogP contribution < -0.4 is 0 Å². The van der Waals surface area contributed by atoms with Gasteiger partial charge in [-0.3, -0.25) is 0 Å². The molecule has 0 aliphatic heterocycles. The zero-order valence-electron chi connectivity index (χ0n) is 9.04. The van der Waals surface area contributed by atoms with Gasteiger partial charge in [-0.1, -0.05) is 44.1 Å². The van der Waals surface area contributed by atoms with Gasteiger partial charge in [0.05, 0.1) is 0 Å². The van der Waals surface area contributed by atoms with Crippen molar-refractivity contribution >= 4 is 6.08 Å². The molecular formula is C14H16. The van der Waals surface area contributed by atoms with E-state index in [4.69, 9.17) is 6.42 Å². The highest BCUT2D eigenvalue weighted by Crippen LogP contribution is 2.23. The van der Waals surface area contributed by atoms with Crippen LogP contribution >= 0.6 is 0 Å². The third kappa shape index (κ3) is 2.06. The van der Waals surface area contributed by atoms with Gasteiger partial charge >= 0.3 is 0 Å². The zero-order valence-corrected chi connectivity index (χ0v) is 9.04. The highest BCUT2D eigenvalue weighted by Gasteiger charge is 2.06. The molecule has 0 N–H and O–H groups in total. The van der Waals surface area contributed by atoms with E-state index in [2.05, 4.69) is 31.9 Å². The van der Waals surface area contributed by atoms with E-state index in [0.29, 0.717) is 5.92 Å². The van der Waals surface area contributed by atoms with E-state index in [0.717, 1.165) is 5.56 Å². The number of terminal acetylenes is 1. The van der Waals surface area contributed by atoms with Crippen molar-refractivity contribution in [3.8, 4) is 12.3 Å². The largest absolute Gasteiger partial charge is 0.115 e. The van der Waals surface area contributed by atoms with Crippen LogP contribution in [0.4, 0.5) is 0 Å². The molecule has 0 heterocycles. The van der Waals surface area contributed by atoms with E-state index in [1.807, 2.05) is 25.1 Å². The first kappa shape index (κ1) is 10.6. The van der Waals surface area contributed by atoms with Crippen LogP contribution in [0.25, 0.3) is 6.08 Å². The monoisotopic (exact) mass is 184 g/mol. The summed E-state index contributed by atoms with van der Waals surface area (Å²) in [6, 6.07) is 6.15. The Morgan fingerprint density at radius 2 is 2.07 bits per heavy atom. The lowest BCUT2D eigenvalue weighted by atomic mass is 9.93. The summed E-state index contributed by atoms with van der Waals surface area (Å²) >= 11 is 0. The standard InChI is InChI=1S/C14H16/c1-5-8-14-12(6-2)9-7-10-13(14)11(3)4/h2,5,7-11H,1,3-4H3/b8-5-. The average molecular weight is 184 g/mol. The SMILES string of the molecule is C#Cc1cccc(C(C)C)c1/C=C\C. The summed E-state index contributed by atoms with van der Waals surface area (Å²) in [5.74, 6) is 3.23. The highest BCUT2D eigenvalue weighted by atomic mass is 14.1. The van der Waals surface area contributed by atoms with Crippen LogP contribution in [-0.2, 0) is 0 Å². The molecule has 1 aromatic carbocycles. The molecular weight excluding hydrogens is 168 g/mol. The first-order chi connectivity index (χ1) is 6.70. The van der Waals surface area contributed by atoms with Crippen molar-refractivity contribution < 1.29 is 0 Å². The number of allylic oxidation sites excluding steroid dienone is 1. The second kappa shape index (κ2) is 4.67. The van der Waals surface area contributed by atoms with Crippen LogP contribution in [-0.4, -0.2) is 0 Å². The molecule has 0 unspecified atom stereocenters. The Kier molecular flexibility index (Phi) is 3.54. The number of hydrogen-bond donors (Lipinski definition) is 0. The summed E-state index contributed by atoms with van der Waals surface area (Å²) in [6.45, 7) is 6.38. The first-order valence-electron chi connectivity index (χ1n) is 4.93. The highest BCUT2D eigenvalue weighted by molar-refractivity contribution is 5.62. The van der Waals surface area contributed by atoms with E-state index in [9.17, 15) is 0 Å². The van der Waals surface area contributed by atoms with E-state index in [1.54, 1.807) is 0 Å². The molecule has 0 aliphatic rings. The number of benzene rings is 1. The Labute approximate surface area is 86.7 Å². The Morgan fingerprint density at radius 1 is 1.36 bits per heavy atom. The average Bonchev–Trinajstić information content (AvgIpc) is 2.18. The molecule has 0 spiro atoms. The Balaban J connectivity index is 3.37. The lowest BCUT2D eigenvalue weighted by Crippen LogP contribution is -1.94. The van der Waals surface area contributed by atoms with Crippen LogP contribution in [0.15, 0.2) is 24.3 Å². The molecule has 0 saturated heterocycles. The van der Waals surface area contributed by atoms with Gasteiger partial charge < -0.3 is 0 Å². The topological polar surface area (TPSA) is 0 Å². The van der Waals surface area contributed by atoms with Gasteiger partial charge in [-0.15, -0.1) is 6.42 Å². The van der Waals surface area contributed by atoms with Crippen LogP contribution in [0.1, 0.15) is 43.4 Å². The lowest BCUT2D eigenvalue weighted by Gasteiger charge is -2.11. The minimum atomic E-state index is 0.509. The molecule has 0 fully saturated rings. The molecule has 0 aromatic heterocycles. The summed E-state index contributed by atoms with van der Waals surface area (Å²) < 4.78 is 0. The fraction of sp³-hybridized carbons (Fsp3) is 0.286. The molecule has 0 aliphatic carbocycles. The van der Waals surface area contributed by atoms with Crippen LogP contribution in [0.3, 0.4) is 0 Å². The molecule has 1 aromatic rings. The summed E-state index contributed by atoms with van der Waals surface area (Å²) in [7, 11) is 0. The summed E-state index contributed by atoms with van der Waals surface area (Å²) in [4.78, 5) is 0. The van der Waals surface area contributed by atoms with Crippen molar-refractivity contribution in [2.75, 3.05) is 0 Å². The van der Waals surface area contributed by atoms with Crippen LogP contribution in [0.5, 0.6) is 0 Å². The molecule has 0 saturated carbocycles. The first-order valence-corrected chi connectivity index (χ1v) is 4.93. The fourth-order valence-electron chi connectivity index (χ4n) is 1.57. The summed E-state index contributed by atoms with van der Waals surface area (Å²) in [6.07, 6.45) is 9.58. The maximum atomic E-state index is 5.47. The molecule has 14 heavy (non-hydrogen) atoms. The van der Waals surface area contributed by atoms with E-state index >= 15 is 0 Å². The normalized spacial score (nSPS) is 10.8. The second-order valence-corrected chi connectivity index (χ2v) is 3.61. The summed E-state index contributed by atoms with van der Waals surface area (Å²) in [5, 5.41) is 0. The Bertz CT molecular complexity index is 376. The van der Waals surface area contributed by atoms with Gasteiger partial charge in [0.2, 0.25) is 0 Å². The van der Waals surface area contributed by atoms with Gasteiger partial charge in [0.25, 0.3) is 0 Å². The number of hydrogen-bond acceptors (Lipinski definition) is 0. The second-order valence-electron chi connectivity index (χ2n) is 3.61. The molecule has 0 atom stereocenters.